The maximum absolute atomic E-state index is 12.3. The van der Waals surface area contributed by atoms with Crippen molar-refractivity contribution < 1.29 is 18.7 Å². The predicted octanol–water partition coefficient (Wildman–Crippen LogP) is 1.92. The molecule has 2 unspecified atom stereocenters. The van der Waals surface area contributed by atoms with E-state index >= 15 is 0 Å². The van der Waals surface area contributed by atoms with Gasteiger partial charge in [0.15, 0.2) is 0 Å². The van der Waals surface area contributed by atoms with Crippen molar-refractivity contribution in [2.75, 3.05) is 19.8 Å². The minimum atomic E-state index is -0.533. The van der Waals surface area contributed by atoms with E-state index < -0.39 is 11.6 Å². The first-order valence-electron chi connectivity index (χ1n) is 6.75. The number of morpholine rings is 1. The lowest BCUT2D eigenvalue weighted by atomic mass is 10.1. The van der Waals surface area contributed by atoms with Gasteiger partial charge in [0.25, 0.3) is 0 Å². The Labute approximate surface area is 118 Å². The smallest absolute Gasteiger partial charge is 0.410 e. The predicted molar refractivity (Wildman–Crippen MR) is 73.2 cm³/mol. The van der Waals surface area contributed by atoms with Gasteiger partial charge in [0, 0.05) is 6.54 Å². The van der Waals surface area contributed by atoms with E-state index in [4.69, 9.17) is 19.6 Å². The van der Waals surface area contributed by atoms with Crippen LogP contribution in [-0.4, -0.2) is 42.4 Å². The monoisotopic (exact) mass is 282 g/mol. The number of rotatable bonds is 2. The summed E-state index contributed by atoms with van der Waals surface area (Å²) in [5.74, 6) is 0.633. The van der Waals surface area contributed by atoms with Gasteiger partial charge in [0.2, 0.25) is 0 Å². The van der Waals surface area contributed by atoms with Crippen LogP contribution in [0.5, 0.6) is 0 Å². The van der Waals surface area contributed by atoms with E-state index in [1.165, 1.54) is 0 Å². The van der Waals surface area contributed by atoms with Crippen LogP contribution in [0.15, 0.2) is 22.8 Å². The number of furan rings is 1. The molecule has 0 bridgehead atoms. The van der Waals surface area contributed by atoms with E-state index in [9.17, 15) is 4.79 Å². The molecule has 6 nitrogen and oxygen atoms in total. The van der Waals surface area contributed by atoms with Gasteiger partial charge < -0.3 is 19.6 Å². The summed E-state index contributed by atoms with van der Waals surface area (Å²) in [6.07, 6.45) is 1.20. The van der Waals surface area contributed by atoms with Crippen molar-refractivity contribution in [1.82, 2.24) is 4.90 Å². The molecule has 1 aliphatic rings. The molecule has 1 aromatic rings. The molecule has 1 aliphatic heterocycles. The van der Waals surface area contributed by atoms with Crippen molar-refractivity contribution in [3.63, 3.8) is 0 Å². The Bertz CT molecular complexity index is 439. The van der Waals surface area contributed by atoms with Gasteiger partial charge in [-0.2, -0.15) is 0 Å². The van der Waals surface area contributed by atoms with Gasteiger partial charge in [0.1, 0.15) is 11.4 Å². The fourth-order valence-corrected chi connectivity index (χ4v) is 2.14. The Morgan fingerprint density at radius 2 is 2.30 bits per heavy atom. The number of hydrogen-bond donors (Lipinski definition) is 1. The van der Waals surface area contributed by atoms with E-state index in [0.29, 0.717) is 25.5 Å². The van der Waals surface area contributed by atoms with Gasteiger partial charge in [-0.15, -0.1) is 0 Å². The summed E-state index contributed by atoms with van der Waals surface area (Å²) in [6, 6.07) is 2.85. The van der Waals surface area contributed by atoms with Crippen LogP contribution < -0.4 is 5.73 Å². The van der Waals surface area contributed by atoms with Crippen LogP contribution in [0.2, 0.25) is 0 Å². The summed E-state index contributed by atoms with van der Waals surface area (Å²) < 4.78 is 16.2. The van der Waals surface area contributed by atoms with Gasteiger partial charge in [-0.25, -0.2) is 4.79 Å². The maximum Gasteiger partial charge on any atom is 0.410 e. The third kappa shape index (κ3) is 3.52. The number of hydrogen-bond acceptors (Lipinski definition) is 5. The van der Waals surface area contributed by atoms with Crippen molar-refractivity contribution in [2.24, 2.45) is 5.73 Å². The van der Waals surface area contributed by atoms with Crippen molar-refractivity contribution in [3.8, 4) is 0 Å². The van der Waals surface area contributed by atoms with Gasteiger partial charge in [-0.1, -0.05) is 0 Å². The Hall–Kier alpha value is -1.53. The number of ether oxygens (including phenoxy) is 2. The van der Waals surface area contributed by atoms with E-state index in [1.807, 2.05) is 20.8 Å². The third-order valence-corrected chi connectivity index (χ3v) is 3.08. The summed E-state index contributed by atoms with van der Waals surface area (Å²) in [5, 5.41) is 0. The van der Waals surface area contributed by atoms with Crippen molar-refractivity contribution in [2.45, 2.75) is 38.5 Å². The highest BCUT2D eigenvalue weighted by Gasteiger charge is 2.36. The standard InChI is InChI=1S/C14H22N2O4/c1-14(2,3)20-13(17)16-6-8-18-9-10(16)12(15)11-5-4-7-19-11/h4-5,7,10,12H,6,8-9,15H2,1-3H3. The normalized spacial score (nSPS) is 21.6. The molecule has 1 aromatic heterocycles. The second-order valence-corrected chi connectivity index (χ2v) is 5.86. The molecular formula is C14H22N2O4. The SMILES string of the molecule is CC(C)(C)OC(=O)N1CCOCC1C(N)c1ccco1. The highest BCUT2D eigenvalue weighted by atomic mass is 16.6. The van der Waals surface area contributed by atoms with Crippen molar-refractivity contribution in [1.29, 1.82) is 0 Å². The van der Waals surface area contributed by atoms with Gasteiger partial charge in [-0.3, -0.25) is 4.90 Å². The van der Waals surface area contributed by atoms with Crippen LogP contribution in [0, 0.1) is 0 Å². The number of nitrogens with zero attached hydrogens (tertiary/aromatic N) is 1. The topological polar surface area (TPSA) is 77.9 Å². The summed E-state index contributed by atoms with van der Waals surface area (Å²) in [4.78, 5) is 13.9. The molecular weight excluding hydrogens is 260 g/mol. The lowest BCUT2D eigenvalue weighted by Crippen LogP contribution is -2.54. The Balaban J connectivity index is 2.11. The highest BCUT2D eigenvalue weighted by Crippen LogP contribution is 2.23. The first kappa shape index (κ1) is 14.9. The number of carbonyl (C=O) groups excluding carboxylic acids is 1. The molecule has 1 saturated heterocycles. The zero-order valence-corrected chi connectivity index (χ0v) is 12.2. The van der Waals surface area contributed by atoms with E-state index in [2.05, 4.69) is 0 Å². The Kier molecular flexibility index (Phi) is 4.35. The number of carbonyl (C=O) groups is 1. The average Bonchev–Trinajstić information content (AvgIpc) is 2.89. The molecule has 2 N–H and O–H groups in total. The molecule has 6 heteroatoms. The lowest BCUT2D eigenvalue weighted by Gasteiger charge is -2.38. The number of nitrogens with two attached hydrogens (primary N) is 1. The van der Waals surface area contributed by atoms with Crippen LogP contribution in [0.3, 0.4) is 0 Å². The minimum absolute atomic E-state index is 0.287. The van der Waals surface area contributed by atoms with Crippen LogP contribution in [0.4, 0.5) is 4.79 Å². The zero-order valence-electron chi connectivity index (χ0n) is 12.2. The molecule has 0 spiro atoms. The molecule has 0 aliphatic carbocycles. The van der Waals surface area contributed by atoms with E-state index in [-0.39, 0.29) is 12.1 Å². The Morgan fingerprint density at radius 3 is 2.90 bits per heavy atom. The number of amides is 1. The molecule has 1 amide bonds. The molecule has 2 heterocycles. The summed E-state index contributed by atoms with van der Waals surface area (Å²) in [7, 11) is 0. The summed E-state index contributed by atoms with van der Waals surface area (Å²) in [5.41, 5.74) is 5.65. The quantitative estimate of drug-likeness (QED) is 0.896. The fraction of sp³-hybridized carbons (Fsp3) is 0.643. The van der Waals surface area contributed by atoms with Gasteiger partial charge >= 0.3 is 6.09 Å². The van der Waals surface area contributed by atoms with Crippen LogP contribution in [0.1, 0.15) is 32.6 Å². The second-order valence-electron chi connectivity index (χ2n) is 5.86. The second kappa shape index (κ2) is 5.85. The first-order chi connectivity index (χ1) is 9.38. The van der Waals surface area contributed by atoms with Gasteiger partial charge in [-0.05, 0) is 32.9 Å². The first-order valence-corrected chi connectivity index (χ1v) is 6.75. The van der Waals surface area contributed by atoms with Crippen molar-refractivity contribution >= 4 is 6.09 Å². The van der Waals surface area contributed by atoms with Crippen LogP contribution in [0.25, 0.3) is 0 Å². The lowest BCUT2D eigenvalue weighted by molar-refractivity contribution is -0.0396. The van der Waals surface area contributed by atoms with Gasteiger partial charge in [0.05, 0.1) is 31.6 Å². The minimum Gasteiger partial charge on any atom is -0.468 e. The molecule has 0 aromatic carbocycles. The third-order valence-electron chi connectivity index (χ3n) is 3.08. The maximum atomic E-state index is 12.3. The zero-order chi connectivity index (χ0) is 14.8. The molecule has 0 saturated carbocycles. The van der Waals surface area contributed by atoms with Crippen LogP contribution in [-0.2, 0) is 9.47 Å². The molecule has 112 valence electrons. The van der Waals surface area contributed by atoms with E-state index in [1.54, 1.807) is 23.3 Å². The molecule has 2 rings (SSSR count). The molecule has 20 heavy (non-hydrogen) atoms. The largest absolute Gasteiger partial charge is 0.468 e. The molecule has 0 radical (unpaired) electrons. The Morgan fingerprint density at radius 1 is 1.55 bits per heavy atom. The van der Waals surface area contributed by atoms with Crippen LogP contribution >= 0.6 is 0 Å². The summed E-state index contributed by atoms with van der Waals surface area (Å²) in [6.45, 7) is 6.85. The molecule has 2 atom stereocenters. The molecule has 1 fully saturated rings. The highest BCUT2D eigenvalue weighted by molar-refractivity contribution is 5.68. The summed E-state index contributed by atoms with van der Waals surface area (Å²) >= 11 is 0. The fourth-order valence-electron chi connectivity index (χ4n) is 2.14. The van der Waals surface area contributed by atoms with Crippen molar-refractivity contribution in [3.05, 3.63) is 24.2 Å². The average molecular weight is 282 g/mol. The van der Waals surface area contributed by atoms with E-state index in [0.717, 1.165) is 0 Å².